The van der Waals surface area contributed by atoms with Gasteiger partial charge in [0.15, 0.2) is 11.0 Å². The quantitative estimate of drug-likeness (QED) is 0.278. The second-order valence-electron chi connectivity index (χ2n) is 9.10. The van der Waals surface area contributed by atoms with Crippen molar-refractivity contribution >= 4 is 35.3 Å². The Morgan fingerprint density at radius 3 is 2.22 bits per heavy atom. The van der Waals surface area contributed by atoms with Gasteiger partial charge in [-0.1, -0.05) is 41.6 Å². The monoisotopic (exact) mass is 535 g/mol. The van der Waals surface area contributed by atoms with Crippen LogP contribution in [0.1, 0.15) is 20.8 Å². The predicted molar refractivity (Wildman–Crippen MR) is 145 cm³/mol. The molecule has 3 amide bonds. The van der Waals surface area contributed by atoms with Crippen molar-refractivity contribution in [1.82, 2.24) is 25.4 Å². The minimum atomic E-state index is -0.546. The van der Waals surface area contributed by atoms with Crippen LogP contribution in [0.5, 0.6) is 11.5 Å². The molecule has 190 valence electrons. The number of carbonyl (C=O) groups is 2. The summed E-state index contributed by atoms with van der Waals surface area (Å²) < 4.78 is 7.76. The van der Waals surface area contributed by atoms with Gasteiger partial charge in [-0.3, -0.25) is 14.7 Å². The fraction of sp³-hybridized carbons (Fsp3) is 0.185. The summed E-state index contributed by atoms with van der Waals surface area (Å²) in [7, 11) is 0. The Morgan fingerprint density at radius 1 is 0.919 bits per heavy atom. The third-order valence-corrected chi connectivity index (χ3v) is 6.06. The molecule has 10 heteroatoms. The number of nitrogens with one attached hydrogen (secondary N) is 2. The molecule has 0 aliphatic carbocycles. The van der Waals surface area contributed by atoms with Crippen LogP contribution in [0.15, 0.2) is 84.0 Å². The molecular formula is C27H26ClN5O3S. The third kappa shape index (κ3) is 7.34. The number of halogens is 1. The van der Waals surface area contributed by atoms with E-state index in [0.29, 0.717) is 21.8 Å². The molecular weight excluding hydrogens is 510 g/mol. The summed E-state index contributed by atoms with van der Waals surface area (Å²) in [5.74, 6) is 1.53. The molecule has 1 heterocycles. The van der Waals surface area contributed by atoms with E-state index in [1.807, 2.05) is 92.1 Å². The highest BCUT2D eigenvalue weighted by Gasteiger charge is 2.19. The van der Waals surface area contributed by atoms with Gasteiger partial charge in [-0.2, -0.15) is 0 Å². The Morgan fingerprint density at radius 2 is 1.57 bits per heavy atom. The average molecular weight is 536 g/mol. The number of hydrogen-bond donors (Lipinski definition) is 2. The van der Waals surface area contributed by atoms with Crippen LogP contribution < -0.4 is 15.4 Å². The first-order valence-corrected chi connectivity index (χ1v) is 12.8. The van der Waals surface area contributed by atoms with Crippen LogP contribution in [0.25, 0.3) is 17.1 Å². The largest absolute Gasteiger partial charge is 0.457 e. The van der Waals surface area contributed by atoms with E-state index >= 15 is 0 Å². The van der Waals surface area contributed by atoms with Crippen LogP contribution in [-0.2, 0) is 4.79 Å². The number of thioether (sulfide) groups is 1. The van der Waals surface area contributed by atoms with Gasteiger partial charge in [0.2, 0.25) is 5.91 Å². The van der Waals surface area contributed by atoms with Crippen molar-refractivity contribution in [3.63, 3.8) is 0 Å². The molecule has 3 aromatic carbocycles. The lowest BCUT2D eigenvalue weighted by molar-refractivity contribution is -0.117. The first-order chi connectivity index (χ1) is 17.7. The highest BCUT2D eigenvalue weighted by atomic mass is 35.5. The predicted octanol–water partition coefficient (Wildman–Crippen LogP) is 6.10. The Labute approximate surface area is 224 Å². The van der Waals surface area contributed by atoms with Crippen LogP contribution in [0, 0.1) is 0 Å². The molecule has 0 aliphatic rings. The van der Waals surface area contributed by atoms with Crippen LogP contribution >= 0.6 is 23.4 Å². The Hall–Kier alpha value is -3.82. The number of para-hydroxylation sites is 1. The molecule has 4 rings (SSSR count). The SMILES string of the molecule is CC(C)(C)NC(=O)NC(=O)CSc1nnc(-c2ccc(Cl)cc2)n1-c1ccc(Oc2ccccc2)cc1. The number of aromatic nitrogens is 3. The van der Waals surface area contributed by atoms with Crippen molar-refractivity contribution < 1.29 is 14.3 Å². The van der Waals surface area contributed by atoms with Gasteiger partial charge >= 0.3 is 6.03 Å². The summed E-state index contributed by atoms with van der Waals surface area (Å²) in [6, 6.07) is 23.7. The first kappa shape index (κ1) is 26.2. The minimum Gasteiger partial charge on any atom is -0.457 e. The topological polar surface area (TPSA) is 98.1 Å². The second kappa shape index (κ2) is 11.5. The average Bonchev–Trinajstić information content (AvgIpc) is 3.27. The van der Waals surface area contributed by atoms with Gasteiger partial charge < -0.3 is 10.1 Å². The van der Waals surface area contributed by atoms with Crippen molar-refractivity contribution in [2.45, 2.75) is 31.5 Å². The number of rotatable bonds is 7. The molecule has 0 spiro atoms. The van der Waals surface area contributed by atoms with E-state index in [0.717, 1.165) is 17.0 Å². The fourth-order valence-corrected chi connectivity index (χ4v) is 4.21. The zero-order chi connectivity index (χ0) is 26.4. The molecule has 2 N–H and O–H groups in total. The summed E-state index contributed by atoms with van der Waals surface area (Å²) >= 11 is 7.25. The number of carbonyl (C=O) groups excluding carboxylic acids is 2. The number of nitrogens with zero attached hydrogens (tertiary/aromatic N) is 3. The van der Waals surface area contributed by atoms with Crippen molar-refractivity contribution in [3.05, 3.63) is 83.9 Å². The molecule has 37 heavy (non-hydrogen) atoms. The Balaban J connectivity index is 1.57. The van der Waals surface area contributed by atoms with Gasteiger partial charge in [-0.05, 0) is 81.4 Å². The van der Waals surface area contributed by atoms with E-state index in [2.05, 4.69) is 20.8 Å². The number of benzene rings is 3. The summed E-state index contributed by atoms with van der Waals surface area (Å²) in [5, 5.41) is 14.8. The van der Waals surface area contributed by atoms with Gasteiger partial charge in [0.05, 0.1) is 5.75 Å². The highest BCUT2D eigenvalue weighted by Crippen LogP contribution is 2.30. The van der Waals surface area contributed by atoms with Crippen molar-refractivity contribution in [2.24, 2.45) is 0 Å². The lowest BCUT2D eigenvalue weighted by Crippen LogP contribution is -2.48. The zero-order valence-corrected chi connectivity index (χ0v) is 22.1. The van der Waals surface area contributed by atoms with Gasteiger partial charge in [-0.25, -0.2) is 4.79 Å². The normalized spacial score (nSPS) is 11.1. The van der Waals surface area contributed by atoms with Crippen molar-refractivity contribution in [1.29, 1.82) is 0 Å². The van der Waals surface area contributed by atoms with Crippen LogP contribution in [0.2, 0.25) is 5.02 Å². The molecule has 0 radical (unpaired) electrons. The summed E-state index contributed by atoms with van der Waals surface area (Å²) in [5.41, 5.74) is 1.13. The molecule has 0 fully saturated rings. The standard InChI is InChI=1S/C27H26ClN5O3S/c1-27(2,3)30-25(35)29-23(34)17-37-26-32-31-24(18-9-11-19(28)12-10-18)33(26)20-13-15-22(16-14-20)36-21-7-5-4-6-8-21/h4-16H,17H2,1-3H3,(H2,29,30,34,35). The van der Waals surface area contributed by atoms with Crippen molar-refractivity contribution in [2.75, 3.05) is 5.75 Å². The van der Waals surface area contributed by atoms with Crippen molar-refractivity contribution in [3.8, 4) is 28.6 Å². The molecule has 0 bridgehead atoms. The van der Waals surface area contributed by atoms with E-state index in [1.54, 1.807) is 12.1 Å². The summed E-state index contributed by atoms with van der Waals surface area (Å²) in [6.07, 6.45) is 0. The molecule has 8 nitrogen and oxygen atoms in total. The van der Waals surface area contributed by atoms with E-state index < -0.39 is 17.5 Å². The molecule has 0 saturated heterocycles. The zero-order valence-electron chi connectivity index (χ0n) is 20.6. The maximum absolute atomic E-state index is 12.4. The van der Waals surface area contributed by atoms with Gasteiger partial charge in [0.1, 0.15) is 11.5 Å². The first-order valence-electron chi connectivity index (χ1n) is 11.5. The van der Waals surface area contributed by atoms with Crippen LogP contribution in [0.4, 0.5) is 4.79 Å². The third-order valence-electron chi connectivity index (χ3n) is 4.88. The summed E-state index contributed by atoms with van der Waals surface area (Å²) in [4.78, 5) is 24.5. The Kier molecular flexibility index (Phi) is 8.15. The molecule has 4 aromatic rings. The second-order valence-corrected chi connectivity index (χ2v) is 10.5. The van der Waals surface area contributed by atoms with Gasteiger partial charge in [-0.15, -0.1) is 10.2 Å². The molecule has 0 aliphatic heterocycles. The van der Waals surface area contributed by atoms with Gasteiger partial charge in [0.25, 0.3) is 0 Å². The molecule has 0 saturated carbocycles. The number of imide groups is 1. The van der Waals surface area contributed by atoms with E-state index in [-0.39, 0.29) is 5.75 Å². The van der Waals surface area contributed by atoms with Gasteiger partial charge in [0, 0.05) is 21.8 Å². The molecule has 1 aromatic heterocycles. The highest BCUT2D eigenvalue weighted by molar-refractivity contribution is 7.99. The van der Waals surface area contributed by atoms with Crippen LogP contribution in [-0.4, -0.2) is 38.0 Å². The van der Waals surface area contributed by atoms with Crippen LogP contribution in [0.3, 0.4) is 0 Å². The Bertz CT molecular complexity index is 1370. The maximum atomic E-state index is 12.4. The smallest absolute Gasteiger partial charge is 0.321 e. The lowest BCUT2D eigenvalue weighted by Gasteiger charge is -2.20. The van der Waals surface area contributed by atoms with E-state index in [1.165, 1.54) is 11.8 Å². The number of ether oxygens (including phenoxy) is 1. The molecule has 0 unspecified atom stereocenters. The summed E-state index contributed by atoms with van der Waals surface area (Å²) in [6.45, 7) is 5.51. The molecule has 0 atom stereocenters. The van der Waals surface area contributed by atoms with E-state index in [4.69, 9.17) is 16.3 Å². The number of amides is 3. The maximum Gasteiger partial charge on any atom is 0.321 e. The number of hydrogen-bond acceptors (Lipinski definition) is 6. The number of urea groups is 1. The minimum absolute atomic E-state index is 0.0223. The fourth-order valence-electron chi connectivity index (χ4n) is 3.33. The lowest BCUT2D eigenvalue weighted by atomic mass is 10.1. The van der Waals surface area contributed by atoms with E-state index in [9.17, 15) is 9.59 Å².